The Bertz CT molecular complexity index is 399. The van der Waals surface area contributed by atoms with Gasteiger partial charge < -0.3 is 4.74 Å². The molecule has 0 radical (unpaired) electrons. The van der Waals surface area contributed by atoms with Gasteiger partial charge >= 0.3 is 5.97 Å². The predicted molar refractivity (Wildman–Crippen MR) is 59.9 cm³/mol. The van der Waals surface area contributed by atoms with Crippen molar-refractivity contribution in [1.29, 1.82) is 0 Å². The van der Waals surface area contributed by atoms with Gasteiger partial charge in [0, 0.05) is 10.9 Å². The summed E-state index contributed by atoms with van der Waals surface area (Å²) in [6.45, 7) is 1.53. The second kappa shape index (κ2) is 5.07. The molecule has 0 saturated heterocycles. The summed E-state index contributed by atoms with van der Waals surface area (Å²) in [5.41, 5.74) is 1.34. The summed E-state index contributed by atoms with van der Waals surface area (Å²) in [5, 5.41) is 0. The maximum atomic E-state index is 11.2. The molecule has 0 aromatic heterocycles. The van der Waals surface area contributed by atoms with Crippen molar-refractivity contribution in [3.05, 3.63) is 33.8 Å². The summed E-state index contributed by atoms with van der Waals surface area (Å²) in [5.74, 6) is -0.299. The molecule has 0 aliphatic heterocycles. The highest BCUT2D eigenvalue weighted by Crippen LogP contribution is 2.19. The second-order valence-electron chi connectivity index (χ2n) is 3.18. The molecular weight excluding hydrogens is 260 g/mol. The number of methoxy groups -OCH3 is 1. The van der Waals surface area contributed by atoms with Crippen molar-refractivity contribution in [2.75, 3.05) is 7.11 Å². The number of ether oxygens (including phenoxy) is 1. The Balaban J connectivity index is 2.97. The SMILES string of the molecule is COC(=O)c1ccc(CC(C)=O)c(Br)c1. The van der Waals surface area contributed by atoms with Gasteiger partial charge in [-0.15, -0.1) is 0 Å². The van der Waals surface area contributed by atoms with Gasteiger partial charge in [-0.05, 0) is 24.6 Å². The number of rotatable bonds is 3. The monoisotopic (exact) mass is 270 g/mol. The maximum Gasteiger partial charge on any atom is 0.337 e. The van der Waals surface area contributed by atoms with E-state index in [0.717, 1.165) is 10.0 Å². The minimum absolute atomic E-state index is 0.0847. The molecule has 15 heavy (non-hydrogen) atoms. The average molecular weight is 271 g/mol. The van der Waals surface area contributed by atoms with Crippen molar-refractivity contribution in [1.82, 2.24) is 0 Å². The Morgan fingerprint density at radius 3 is 2.53 bits per heavy atom. The van der Waals surface area contributed by atoms with Gasteiger partial charge in [0.25, 0.3) is 0 Å². The first kappa shape index (κ1) is 11.9. The summed E-state index contributed by atoms with van der Waals surface area (Å²) in [7, 11) is 1.33. The van der Waals surface area contributed by atoms with Crippen molar-refractivity contribution in [2.24, 2.45) is 0 Å². The zero-order valence-electron chi connectivity index (χ0n) is 8.54. The molecule has 3 nitrogen and oxygen atoms in total. The van der Waals surface area contributed by atoms with Crippen LogP contribution in [-0.4, -0.2) is 18.9 Å². The first-order valence-electron chi connectivity index (χ1n) is 4.40. The van der Waals surface area contributed by atoms with Gasteiger partial charge in [-0.1, -0.05) is 22.0 Å². The normalized spacial score (nSPS) is 9.80. The number of carbonyl (C=O) groups is 2. The smallest absolute Gasteiger partial charge is 0.337 e. The summed E-state index contributed by atoms with van der Waals surface area (Å²) < 4.78 is 5.34. The fourth-order valence-electron chi connectivity index (χ4n) is 1.20. The van der Waals surface area contributed by atoms with Crippen LogP contribution in [0.2, 0.25) is 0 Å². The van der Waals surface area contributed by atoms with E-state index in [1.54, 1.807) is 18.2 Å². The average Bonchev–Trinajstić information content (AvgIpc) is 2.19. The van der Waals surface area contributed by atoms with E-state index in [1.165, 1.54) is 14.0 Å². The number of esters is 1. The maximum absolute atomic E-state index is 11.2. The minimum atomic E-state index is -0.384. The lowest BCUT2D eigenvalue weighted by molar-refractivity contribution is -0.116. The molecule has 1 rings (SSSR count). The molecule has 0 amide bonds. The minimum Gasteiger partial charge on any atom is -0.465 e. The highest BCUT2D eigenvalue weighted by Gasteiger charge is 2.09. The third kappa shape index (κ3) is 3.16. The standard InChI is InChI=1S/C11H11BrO3/c1-7(13)5-8-3-4-9(6-10(8)12)11(14)15-2/h3-4,6H,5H2,1-2H3. The fraction of sp³-hybridized carbons (Fsp3) is 0.273. The van der Waals surface area contributed by atoms with E-state index in [-0.39, 0.29) is 11.8 Å². The van der Waals surface area contributed by atoms with Gasteiger partial charge in [0.15, 0.2) is 0 Å². The molecule has 0 heterocycles. The van der Waals surface area contributed by atoms with Crippen molar-refractivity contribution < 1.29 is 14.3 Å². The molecule has 0 unspecified atom stereocenters. The molecule has 0 aliphatic rings. The van der Waals surface area contributed by atoms with Crippen molar-refractivity contribution in [3.8, 4) is 0 Å². The second-order valence-corrected chi connectivity index (χ2v) is 4.03. The molecule has 0 aliphatic carbocycles. The molecule has 0 N–H and O–H groups in total. The van der Waals surface area contributed by atoms with Gasteiger partial charge in [0.05, 0.1) is 12.7 Å². The van der Waals surface area contributed by atoms with E-state index in [1.807, 2.05) is 0 Å². The first-order chi connectivity index (χ1) is 7.04. The van der Waals surface area contributed by atoms with Crippen LogP contribution in [0.15, 0.2) is 22.7 Å². The molecule has 1 aromatic rings. The van der Waals surface area contributed by atoms with Crippen molar-refractivity contribution in [2.45, 2.75) is 13.3 Å². The van der Waals surface area contributed by atoms with Crippen LogP contribution in [-0.2, 0) is 16.0 Å². The van der Waals surface area contributed by atoms with Crippen LogP contribution in [0.4, 0.5) is 0 Å². The third-order valence-electron chi connectivity index (χ3n) is 1.91. The first-order valence-corrected chi connectivity index (χ1v) is 5.20. The zero-order valence-corrected chi connectivity index (χ0v) is 10.1. The largest absolute Gasteiger partial charge is 0.465 e. The molecule has 1 aromatic carbocycles. The van der Waals surface area contributed by atoms with Gasteiger partial charge in [0.2, 0.25) is 0 Å². The van der Waals surface area contributed by atoms with Crippen LogP contribution in [0.5, 0.6) is 0 Å². The van der Waals surface area contributed by atoms with Crippen LogP contribution >= 0.6 is 15.9 Å². The number of benzene rings is 1. The predicted octanol–water partition coefficient (Wildman–Crippen LogP) is 2.37. The Kier molecular flexibility index (Phi) is 4.03. The Morgan fingerprint density at radius 1 is 1.40 bits per heavy atom. The topological polar surface area (TPSA) is 43.4 Å². The highest BCUT2D eigenvalue weighted by atomic mass is 79.9. The van der Waals surface area contributed by atoms with Crippen LogP contribution in [0.25, 0.3) is 0 Å². The van der Waals surface area contributed by atoms with Crippen molar-refractivity contribution in [3.63, 3.8) is 0 Å². The van der Waals surface area contributed by atoms with Crippen molar-refractivity contribution >= 4 is 27.7 Å². The summed E-state index contributed by atoms with van der Waals surface area (Å²) >= 11 is 3.31. The molecule has 0 spiro atoms. The van der Waals surface area contributed by atoms with E-state index >= 15 is 0 Å². The number of carbonyl (C=O) groups excluding carboxylic acids is 2. The van der Waals surface area contributed by atoms with E-state index < -0.39 is 0 Å². The van der Waals surface area contributed by atoms with Crippen LogP contribution in [0.3, 0.4) is 0 Å². The number of hydrogen-bond donors (Lipinski definition) is 0. The lowest BCUT2D eigenvalue weighted by Crippen LogP contribution is -2.03. The van der Waals surface area contributed by atoms with Crippen LogP contribution in [0.1, 0.15) is 22.8 Å². The number of hydrogen-bond acceptors (Lipinski definition) is 3. The van der Waals surface area contributed by atoms with Crippen LogP contribution < -0.4 is 0 Å². The molecule has 80 valence electrons. The quantitative estimate of drug-likeness (QED) is 0.793. The molecule has 0 bridgehead atoms. The molecule has 4 heteroatoms. The molecule has 0 fully saturated rings. The lowest BCUT2D eigenvalue weighted by Gasteiger charge is -2.04. The number of halogens is 1. The summed E-state index contributed by atoms with van der Waals surface area (Å²) in [6.07, 6.45) is 0.363. The van der Waals surface area contributed by atoms with E-state index in [4.69, 9.17) is 0 Å². The number of ketones is 1. The molecule has 0 saturated carbocycles. The Hall–Kier alpha value is -1.16. The summed E-state index contributed by atoms with van der Waals surface area (Å²) in [4.78, 5) is 22.1. The fourth-order valence-corrected chi connectivity index (χ4v) is 1.72. The highest BCUT2D eigenvalue weighted by molar-refractivity contribution is 9.10. The van der Waals surface area contributed by atoms with E-state index in [2.05, 4.69) is 20.7 Å². The number of Topliss-reactive ketones (excluding diaryl/α,β-unsaturated/α-hetero) is 1. The van der Waals surface area contributed by atoms with Gasteiger partial charge in [-0.2, -0.15) is 0 Å². The Morgan fingerprint density at radius 2 is 2.07 bits per heavy atom. The van der Waals surface area contributed by atoms with E-state index in [9.17, 15) is 9.59 Å². The van der Waals surface area contributed by atoms with Gasteiger partial charge in [0.1, 0.15) is 5.78 Å². The zero-order chi connectivity index (χ0) is 11.4. The lowest BCUT2D eigenvalue weighted by atomic mass is 10.1. The molecule has 0 atom stereocenters. The van der Waals surface area contributed by atoms with Crippen LogP contribution in [0, 0.1) is 0 Å². The summed E-state index contributed by atoms with van der Waals surface area (Å²) in [6, 6.07) is 5.05. The third-order valence-corrected chi connectivity index (χ3v) is 2.65. The Labute approximate surface area is 96.6 Å². The van der Waals surface area contributed by atoms with Gasteiger partial charge in [-0.25, -0.2) is 4.79 Å². The molecular formula is C11H11BrO3. The van der Waals surface area contributed by atoms with E-state index in [0.29, 0.717) is 12.0 Å². The van der Waals surface area contributed by atoms with Gasteiger partial charge in [-0.3, -0.25) is 4.79 Å².